The van der Waals surface area contributed by atoms with Crippen molar-refractivity contribution in [2.24, 2.45) is 0 Å². The van der Waals surface area contributed by atoms with Crippen molar-refractivity contribution in [2.75, 3.05) is 5.32 Å². The molecular formula is C20H15N3O4S2. The van der Waals surface area contributed by atoms with Crippen LogP contribution in [0, 0.1) is 0 Å². The lowest BCUT2D eigenvalue weighted by atomic mass is 10.1. The van der Waals surface area contributed by atoms with Gasteiger partial charge in [-0.1, -0.05) is 48.2 Å². The quantitative estimate of drug-likeness (QED) is 0.539. The molecule has 2 heterocycles. The van der Waals surface area contributed by atoms with Crippen molar-refractivity contribution >= 4 is 45.8 Å². The van der Waals surface area contributed by atoms with Crippen LogP contribution in [0.3, 0.4) is 0 Å². The van der Waals surface area contributed by atoms with Gasteiger partial charge in [0, 0.05) is 10.9 Å². The lowest BCUT2D eigenvalue weighted by Gasteiger charge is -2.10. The Bertz CT molecular complexity index is 1100. The van der Waals surface area contributed by atoms with Crippen molar-refractivity contribution < 1.29 is 19.5 Å². The number of aromatic hydroxyl groups is 1. The smallest absolute Gasteiger partial charge is 0.286 e. The standard InChI is InChI=1S/C20H15N3O4S2/c24-15-7-6-11(9-16-18(26)23-20(27)29-16)8-13(15)21-17(25)14-10-28-19(22-14)12-4-2-1-3-5-12/h1-8,10,16,24H,9H2,(H,21,25)(H,23,26,27). The lowest BCUT2D eigenvalue weighted by molar-refractivity contribution is -0.118. The van der Waals surface area contributed by atoms with Gasteiger partial charge in [-0.25, -0.2) is 4.98 Å². The molecule has 1 atom stereocenters. The largest absolute Gasteiger partial charge is 0.506 e. The minimum atomic E-state index is -0.525. The number of hydrogen-bond acceptors (Lipinski definition) is 7. The van der Waals surface area contributed by atoms with E-state index >= 15 is 0 Å². The average molecular weight is 425 g/mol. The van der Waals surface area contributed by atoms with Gasteiger partial charge in [0.1, 0.15) is 16.5 Å². The number of carbonyl (C=O) groups excluding carboxylic acids is 3. The third-order valence-electron chi connectivity index (χ3n) is 4.25. The van der Waals surface area contributed by atoms with Crippen LogP contribution in [0.5, 0.6) is 5.75 Å². The van der Waals surface area contributed by atoms with E-state index in [0.717, 1.165) is 22.3 Å². The summed E-state index contributed by atoms with van der Waals surface area (Å²) in [6.45, 7) is 0. The second-order valence-electron chi connectivity index (χ2n) is 6.30. The molecule has 1 fully saturated rings. The van der Waals surface area contributed by atoms with E-state index in [2.05, 4.69) is 15.6 Å². The summed E-state index contributed by atoms with van der Waals surface area (Å²) < 4.78 is 0. The Hall–Kier alpha value is -3.17. The summed E-state index contributed by atoms with van der Waals surface area (Å²) >= 11 is 2.29. The van der Waals surface area contributed by atoms with Gasteiger partial charge < -0.3 is 10.4 Å². The van der Waals surface area contributed by atoms with Crippen LogP contribution < -0.4 is 10.6 Å². The predicted octanol–water partition coefficient (Wildman–Crippen LogP) is 3.66. The van der Waals surface area contributed by atoms with Crippen molar-refractivity contribution in [3.05, 3.63) is 65.2 Å². The zero-order valence-corrected chi connectivity index (χ0v) is 16.5. The van der Waals surface area contributed by atoms with E-state index in [0.29, 0.717) is 12.0 Å². The van der Waals surface area contributed by atoms with Gasteiger partial charge in [0.25, 0.3) is 11.1 Å². The van der Waals surface area contributed by atoms with Crippen LogP contribution in [0.2, 0.25) is 0 Å². The van der Waals surface area contributed by atoms with Crippen LogP contribution in [0.25, 0.3) is 10.6 Å². The molecule has 0 bridgehead atoms. The summed E-state index contributed by atoms with van der Waals surface area (Å²) in [5.74, 6) is -0.881. The number of rotatable bonds is 5. The first-order valence-electron chi connectivity index (χ1n) is 8.65. The van der Waals surface area contributed by atoms with Crippen molar-refractivity contribution in [1.82, 2.24) is 10.3 Å². The number of phenolic OH excluding ortho intramolecular Hbond substituents is 1. The molecule has 4 rings (SSSR count). The molecule has 0 aliphatic carbocycles. The zero-order valence-electron chi connectivity index (χ0n) is 14.9. The number of carbonyl (C=O) groups is 3. The van der Waals surface area contributed by atoms with Crippen LogP contribution in [0.4, 0.5) is 10.5 Å². The number of nitrogens with zero attached hydrogens (tertiary/aromatic N) is 1. The van der Waals surface area contributed by atoms with Crippen molar-refractivity contribution in [2.45, 2.75) is 11.7 Å². The summed E-state index contributed by atoms with van der Waals surface area (Å²) in [4.78, 5) is 40.0. The van der Waals surface area contributed by atoms with Crippen LogP contribution in [-0.4, -0.2) is 32.4 Å². The number of aromatic nitrogens is 1. The number of amides is 3. The number of thiazole rings is 1. The maximum absolute atomic E-state index is 12.6. The number of nitrogens with one attached hydrogen (secondary N) is 2. The molecule has 1 aliphatic heterocycles. The molecular weight excluding hydrogens is 410 g/mol. The molecule has 0 spiro atoms. The summed E-state index contributed by atoms with van der Waals surface area (Å²) in [5, 5.41) is 16.5. The molecule has 0 saturated carbocycles. The fourth-order valence-corrected chi connectivity index (χ4v) is 4.50. The van der Waals surface area contributed by atoms with E-state index in [4.69, 9.17) is 0 Å². The Kier molecular flexibility index (Phi) is 5.32. The fourth-order valence-electron chi connectivity index (χ4n) is 2.83. The van der Waals surface area contributed by atoms with E-state index < -0.39 is 11.2 Å². The maximum atomic E-state index is 12.6. The highest BCUT2D eigenvalue weighted by Gasteiger charge is 2.31. The van der Waals surface area contributed by atoms with Gasteiger partial charge in [-0.05, 0) is 24.1 Å². The van der Waals surface area contributed by atoms with Crippen LogP contribution >= 0.6 is 23.1 Å². The van der Waals surface area contributed by atoms with E-state index in [1.54, 1.807) is 17.5 Å². The Labute approximate surface area is 174 Å². The highest BCUT2D eigenvalue weighted by atomic mass is 32.2. The molecule has 1 unspecified atom stereocenters. The normalized spacial score (nSPS) is 15.9. The summed E-state index contributed by atoms with van der Waals surface area (Å²) in [7, 11) is 0. The molecule has 7 nitrogen and oxygen atoms in total. The van der Waals surface area contributed by atoms with Gasteiger partial charge in [-0.15, -0.1) is 11.3 Å². The molecule has 3 amide bonds. The predicted molar refractivity (Wildman–Crippen MR) is 112 cm³/mol. The van der Waals surface area contributed by atoms with Crippen LogP contribution in [0.15, 0.2) is 53.9 Å². The van der Waals surface area contributed by atoms with E-state index in [-0.39, 0.29) is 28.3 Å². The first-order valence-corrected chi connectivity index (χ1v) is 10.4. The van der Waals surface area contributed by atoms with E-state index in [1.807, 2.05) is 30.3 Å². The first-order chi connectivity index (χ1) is 14.0. The minimum Gasteiger partial charge on any atom is -0.506 e. The summed E-state index contributed by atoms with van der Waals surface area (Å²) in [6, 6.07) is 14.2. The molecule has 3 N–H and O–H groups in total. The lowest BCUT2D eigenvalue weighted by Crippen LogP contribution is -2.25. The highest BCUT2D eigenvalue weighted by Crippen LogP contribution is 2.29. The molecule has 1 saturated heterocycles. The summed E-state index contributed by atoms with van der Waals surface area (Å²) in [5.41, 5.74) is 2.10. The molecule has 2 aromatic carbocycles. The Morgan fingerprint density at radius 2 is 1.97 bits per heavy atom. The number of phenols is 1. The highest BCUT2D eigenvalue weighted by molar-refractivity contribution is 8.15. The molecule has 9 heteroatoms. The number of thioether (sulfide) groups is 1. The van der Waals surface area contributed by atoms with Gasteiger partial charge in [-0.2, -0.15) is 0 Å². The fraction of sp³-hybridized carbons (Fsp3) is 0.100. The average Bonchev–Trinajstić information content (AvgIpc) is 3.32. The van der Waals surface area contributed by atoms with Gasteiger partial charge in [0.15, 0.2) is 0 Å². The van der Waals surface area contributed by atoms with Gasteiger partial charge in [0.2, 0.25) is 5.91 Å². The molecule has 1 aliphatic rings. The second kappa shape index (κ2) is 8.06. The van der Waals surface area contributed by atoms with E-state index in [1.165, 1.54) is 17.4 Å². The summed E-state index contributed by atoms with van der Waals surface area (Å²) in [6.07, 6.45) is 0.306. The Morgan fingerprint density at radius 1 is 1.17 bits per heavy atom. The van der Waals surface area contributed by atoms with E-state index in [9.17, 15) is 19.5 Å². The van der Waals surface area contributed by atoms with Gasteiger partial charge in [-0.3, -0.25) is 19.7 Å². The number of benzene rings is 2. The molecule has 3 aromatic rings. The Balaban J connectivity index is 1.49. The topological polar surface area (TPSA) is 108 Å². The van der Waals surface area contributed by atoms with Crippen molar-refractivity contribution in [3.8, 4) is 16.3 Å². The Morgan fingerprint density at radius 3 is 2.69 bits per heavy atom. The van der Waals surface area contributed by atoms with Crippen molar-refractivity contribution in [1.29, 1.82) is 0 Å². The molecule has 146 valence electrons. The third-order valence-corrected chi connectivity index (χ3v) is 6.13. The molecule has 1 aromatic heterocycles. The van der Waals surface area contributed by atoms with Crippen LogP contribution in [-0.2, 0) is 11.2 Å². The molecule has 29 heavy (non-hydrogen) atoms. The number of anilines is 1. The van der Waals surface area contributed by atoms with Gasteiger partial charge >= 0.3 is 0 Å². The monoisotopic (exact) mass is 425 g/mol. The minimum absolute atomic E-state index is 0.0970. The van der Waals surface area contributed by atoms with Crippen molar-refractivity contribution in [3.63, 3.8) is 0 Å². The molecule has 0 radical (unpaired) electrons. The zero-order chi connectivity index (χ0) is 20.4. The van der Waals surface area contributed by atoms with Gasteiger partial charge in [0.05, 0.1) is 10.9 Å². The number of imide groups is 1. The SMILES string of the molecule is O=C1NC(=O)C(Cc2ccc(O)c(NC(=O)c3csc(-c4ccccc4)n3)c2)S1. The van der Waals surface area contributed by atoms with Crippen LogP contribution in [0.1, 0.15) is 16.1 Å². The third kappa shape index (κ3) is 4.30. The maximum Gasteiger partial charge on any atom is 0.286 e. The second-order valence-corrected chi connectivity index (χ2v) is 8.33. The first kappa shape index (κ1) is 19.2. The number of hydrogen-bond donors (Lipinski definition) is 3.